The van der Waals surface area contributed by atoms with Gasteiger partial charge in [0.2, 0.25) is 10.0 Å². The van der Waals surface area contributed by atoms with E-state index in [9.17, 15) is 8.42 Å². The van der Waals surface area contributed by atoms with Crippen molar-refractivity contribution in [1.29, 1.82) is 0 Å². The smallest absolute Gasteiger partial charge is 0.238 e. The van der Waals surface area contributed by atoms with Crippen LogP contribution in [0.1, 0.15) is 0 Å². The van der Waals surface area contributed by atoms with Gasteiger partial charge in [-0.3, -0.25) is 0 Å². The molecule has 6 heteroatoms. The van der Waals surface area contributed by atoms with Gasteiger partial charge in [-0.2, -0.15) is 0 Å². The van der Waals surface area contributed by atoms with Crippen molar-refractivity contribution in [3.05, 3.63) is 22.7 Å². The Balaban J connectivity index is 3.33. The van der Waals surface area contributed by atoms with E-state index < -0.39 is 10.0 Å². The molecule has 0 heterocycles. The number of ether oxygens (including phenoxy) is 1. The standard InChI is InChI=1S/C7H8BrNO3S/c1-12-6-2-5(8)3-7(4-6)13(9,10)11/h2-4H,1H3,(H2,9,10,11). The zero-order chi connectivity index (χ0) is 10.1. The molecule has 0 aromatic heterocycles. The molecule has 1 rings (SSSR count). The summed E-state index contributed by atoms with van der Waals surface area (Å²) in [7, 11) is -2.21. The average molecular weight is 266 g/mol. The molecular weight excluding hydrogens is 258 g/mol. The van der Waals surface area contributed by atoms with Crippen molar-refractivity contribution in [1.82, 2.24) is 0 Å². The third-order valence-electron chi connectivity index (χ3n) is 1.41. The number of halogens is 1. The van der Waals surface area contributed by atoms with Crippen molar-refractivity contribution in [3.8, 4) is 5.75 Å². The van der Waals surface area contributed by atoms with Crippen LogP contribution in [0.2, 0.25) is 0 Å². The molecule has 0 aliphatic carbocycles. The lowest BCUT2D eigenvalue weighted by Crippen LogP contribution is -2.12. The van der Waals surface area contributed by atoms with Gasteiger partial charge in [0.05, 0.1) is 12.0 Å². The Morgan fingerprint density at radius 1 is 1.38 bits per heavy atom. The molecule has 0 amide bonds. The minimum Gasteiger partial charge on any atom is -0.497 e. The fraction of sp³-hybridized carbons (Fsp3) is 0.143. The molecule has 0 unspecified atom stereocenters. The van der Waals surface area contributed by atoms with Crippen LogP contribution in [-0.2, 0) is 10.0 Å². The Morgan fingerprint density at radius 3 is 2.46 bits per heavy atom. The van der Waals surface area contributed by atoms with Crippen LogP contribution >= 0.6 is 15.9 Å². The van der Waals surface area contributed by atoms with Crippen LogP contribution in [0.4, 0.5) is 0 Å². The van der Waals surface area contributed by atoms with Crippen molar-refractivity contribution >= 4 is 26.0 Å². The molecule has 13 heavy (non-hydrogen) atoms. The molecule has 2 N–H and O–H groups in total. The van der Waals surface area contributed by atoms with Crippen molar-refractivity contribution < 1.29 is 13.2 Å². The van der Waals surface area contributed by atoms with Gasteiger partial charge in [-0.05, 0) is 12.1 Å². The quantitative estimate of drug-likeness (QED) is 0.871. The predicted octanol–water partition coefficient (Wildman–Crippen LogP) is 1.11. The minimum atomic E-state index is -3.67. The van der Waals surface area contributed by atoms with E-state index in [1.165, 1.54) is 19.2 Å². The molecule has 1 aromatic rings. The van der Waals surface area contributed by atoms with Gasteiger partial charge in [-0.1, -0.05) is 15.9 Å². The van der Waals surface area contributed by atoms with Gasteiger partial charge in [0.1, 0.15) is 5.75 Å². The van der Waals surface area contributed by atoms with Gasteiger partial charge in [0.15, 0.2) is 0 Å². The Hall–Kier alpha value is -0.590. The normalized spacial score (nSPS) is 11.3. The van der Waals surface area contributed by atoms with Crippen molar-refractivity contribution in [3.63, 3.8) is 0 Å². The zero-order valence-corrected chi connectivity index (χ0v) is 9.22. The number of benzene rings is 1. The highest BCUT2D eigenvalue weighted by molar-refractivity contribution is 9.10. The monoisotopic (exact) mass is 265 g/mol. The van der Waals surface area contributed by atoms with Gasteiger partial charge >= 0.3 is 0 Å². The van der Waals surface area contributed by atoms with E-state index in [-0.39, 0.29) is 4.90 Å². The Kier molecular flexibility index (Phi) is 2.94. The number of methoxy groups -OCH3 is 1. The molecule has 0 saturated carbocycles. The van der Waals surface area contributed by atoms with Gasteiger partial charge < -0.3 is 4.74 Å². The highest BCUT2D eigenvalue weighted by atomic mass is 79.9. The second kappa shape index (κ2) is 3.65. The molecule has 0 atom stereocenters. The number of hydrogen-bond donors (Lipinski definition) is 1. The van der Waals surface area contributed by atoms with Crippen LogP contribution in [0.3, 0.4) is 0 Å². The lowest BCUT2D eigenvalue weighted by molar-refractivity contribution is 0.413. The first kappa shape index (κ1) is 10.5. The number of nitrogens with two attached hydrogens (primary N) is 1. The summed E-state index contributed by atoms with van der Waals surface area (Å²) in [6.45, 7) is 0. The fourth-order valence-corrected chi connectivity index (χ4v) is 2.01. The van der Waals surface area contributed by atoms with E-state index in [0.29, 0.717) is 10.2 Å². The average Bonchev–Trinajstić information content (AvgIpc) is 2.01. The molecular formula is C7H8BrNO3S. The predicted molar refractivity (Wildman–Crippen MR) is 52.1 cm³/mol. The molecule has 72 valence electrons. The molecule has 0 fully saturated rings. The number of rotatable bonds is 2. The van der Waals surface area contributed by atoms with Crippen LogP contribution in [0, 0.1) is 0 Å². The summed E-state index contributed by atoms with van der Waals surface area (Å²) >= 11 is 3.15. The van der Waals surface area contributed by atoms with Crippen molar-refractivity contribution in [2.24, 2.45) is 5.14 Å². The molecule has 0 saturated heterocycles. The van der Waals surface area contributed by atoms with Crippen LogP contribution in [-0.4, -0.2) is 15.5 Å². The first-order chi connectivity index (χ1) is 5.93. The first-order valence-corrected chi connectivity index (χ1v) is 5.65. The van der Waals surface area contributed by atoms with E-state index in [2.05, 4.69) is 15.9 Å². The summed E-state index contributed by atoms with van der Waals surface area (Å²) in [4.78, 5) is 0.0266. The zero-order valence-electron chi connectivity index (χ0n) is 6.82. The maximum atomic E-state index is 11.0. The third kappa shape index (κ3) is 2.68. The second-order valence-electron chi connectivity index (χ2n) is 2.37. The lowest BCUT2D eigenvalue weighted by Gasteiger charge is -2.03. The van der Waals surface area contributed by atoms with E-state index in [1.807, 2.05) is 0 Å². The van der Waals surface area contributed by atoms with E-state index in [4.69, 9.17) is 9.88 Å². The van der Waals surface area contributed by atoms with E-state index in [0.717, 1.165) is 0 Å². The SMILES string of the molecule is COc1cc(Br)cc(S(N)(=O)=O)c1. The maximum absolute atomic E-state index is 11.0. The second-order valence-corrected chi connectivity index (χ2v) is 4.85. The summed E-state index contributed by atoms with van der Waals surface area (Å²) in [6.07, 6.45) is 0. The summed E-state index contributed by atoms with van der Waals surface area (Å²) in [5.41, 5.74) is 0. The molecule has 0 aliphatic heterocycles. The van der Waals surface area contributed by atoms with Crippen LogP contribution < -0.4 is 9.88 Å². The lowest BCUT2D eigenvalue weighted by atomic mass is 10.3. The van der Waals surface area contributed by atoms with Crippen molar-refractivity contribution in [2.75, 3.05) is 7.11 Å². The molecule has 1 aromatic carbocycles. The molecule has 0 radical (unpaired) electrons. The van der Waals surface area contributed by atoms with E-state index >= 15 is 0 Å². The summed E-state index contributed by atoms with van der Waals surface area (Å²) in [5.74, 6) is 0.443. The molecule has 0 spiro atoms. The highest BCUT2D eigenvalue weighted by Crippen LogP contribution is 2.23. The summed E-state index contributed by atoms with van der Waals surface area (Å²) in [5, 5.41) is 4.95. The minimum absolute atomic E-state index is 0.0266. The van der Waals surface area contributed by atoms with Crippen molar-refractivity contribution in [2.45, 2.75) is 4.90 Å². The Bertz CT molecular complexity index is 416. The fourth-order valence-electron chi connectivity index (χ4n) is 0.819. The maximum Gasteiger partial charge on any atom is 0.238 e. The molecule has 0 aliphatic rings. The van der Waals surface area contributed by atoms with Gasteiger partial charge in [0.25, 0.3) is 0 Å². The van der Waals surface area contributed by atoms with Gasteiger partial charge in [-0.25, -0.2) is 13.6 Å². The third-order valence-corrected chi connectivity index (χ3v) is 2.76. The van der Waals surface area contributed by atoms with Gasteiger partial charge in [-0.15, -0.1) is 0 Å². The Morgan fingerprint density at radius 2 is 2.00 bits per heavy atom. The summed E-state index contributed by atoms with van der Waals surface area (Å²) < 4.78 is 27.4. The number of primary sulfonamides is 1. The first-order valence-electron chi connectivity index (χ1n) is 3.31. The molecule has 0 bridgehead atoms. The highest BCUT2D eigenvalue weighted by Gasteiger charge is 2.09. The Labute approximate surface area is 84.9 Å². The largest absolute Gasteiger partial charge is 0.497 e. The number of hydrogen-bond acceptors (Lipinski definition) is 3. The van der Waals surface area contributed by atoms with Crippen LogP contribution in [0.15, 0.2) is 27.6 Å². The topological polar surface area (TPSA) is 69.4 Å². The van der Waals surface area contributed by atoms with Crippen LogP contribution in [0.25, 0.3) is 0 Å². The molecule has 4 nitrogen and oxygen atoms in total. The summed E-state index contributed by atoms with van der Waals surface area (Å²) in [6, 6.07) is 4.42. The van der Waals surface area contributed by atoms with Gasteiger partial charge in [0, 0.05) is 10.5 Å². The van der Waals surface area contributed by atoms with E-state index in [1.54, 1.807) is 6.07 Å². The van der Waals surface area contributed by atoms with Crippen LogP contribution in [0.5, 0.6) is 5.75 Å². The number of sulfonamides is 1.